The number of aromatic hydroxyl groups is 1. The van der Waals surface area contributed by atoms with Crippen molar-refractivity contribution in [3.8, 4) is 5.75 Å². The molecule has 2 aromatic rings. The minimum Gasteiger partial charge on any atom is -0.508 e. The molecule has 2 saturated heterocycles. The smallest absolute Gasteiger partial charge is 0.238 e. The number of nitrogens with zero attached hydrogens (tertiary/aromatic N) is 1. The maximum Gasteiger partial charge on any atom is 0.238 e. The molecule has 4 atom stereocenters. The Balaban J connectivity index is 1.34. The van der Waals surface area contributed by atoms with Crippen molar-refractivity contribution in [2.45, 2.75) is 52.1 Å². The number of amides is 2. The van der Waals surface area contributed by atoms with Gasteiger partial charge in [0.2, 0.25) is 11.8 Å². The van der Waals surface area contributed by atoms with Gasteiger partial charge in [-0.15, -0.1) is 0 Å². The first-order valence-corrected chi connectivity index (χ1v) is 12.7. The highest BCUT2D eigenvalue weighted by atomic mass is 16.5. The lowest BCUT2D eigenvalue weighted by Crippen LogP contribution is -2.34. The molecular weight excluding hydrogens is 438 g/mol. The summed E-state index contributed by atoms with van der Waals surface area (Å²) in [7, 11) is 0. The van der Waals surface area contributed by atoms with Gasteiger partial charge in [-0.3, -0.25) is 14.5 Å². The maximum atomic E-state index is 13.5. The maximum absolute atomic E-state index is 13.5. The number of rotatable bonds is 7. The van der Waals surface area contributed by atoms with E-state index in [4.69, 9.17) is 4.74 Å². The standard InChI is InChI=1S/C30H33NO4/c1-3-8-20(16-21-9-7-12-23(32)17-21)13-14-26-27-19(2)15-24-28(25(27)18-35-26)30(34)31(29(24)33)22-10-5-4-6-11-22/h4-7,9-12,16-17,24-26,28,32H,3,8,13-15,18H2,1-2H3/b20-16+/t24-,25+,26-,28-/m1/s1. The zero-order chi connectivity index (χ0) is 24.5. The van der Waals surface area contributed by atoms with Gasteiger partial charge in [0.1, 0.15) is 5.75 Å². The first-order valence-electron chi connectivity index (χ1n) is 12.7. The average molecular weight is 472 g/mol. The van der Waals surface area contributed by atoms with Crippen molar-refractivity contribution in [3.05, 3.63) is 76.9 Å². The number of phenolic OH excluding ortho intramolecular Hbond substituents is 1. The van der Waals surface area contributed by atoms with Gasteiger partial charge in [-0.1, -0.05) is 60.9 Å². The molecule has 0 spiro atoms. The minimum atomic E-state index is -0.329. The van der Waals surface area contributed by atoms with Crippen LogP contribution in [0.5, 0.6) is 5.75 Å². The molecule has 5 heteroatoms. The van der Waals surface area contributed by atoms with Crippen LogP contribution in [0.15, 0.2) is 71.3 Å². The second-order valence-electron chi connectivity index (χ2n) is 10.0. The first-order chi connectivity index (χ1) is 17.0. The number of anilines is 1. The number of hydrogen-bond donors (Lipinski definition) is 1. The number of carbonyl (C=O) groups excluding carboxylic acids is 2. The highest BCUT2D eigenvalue weighted by Crippen LogP contribution is 2.50. The number of imide groups is 1. The Bertz CT molecular complexity index is 1180. The predicted octanol–water partition coefficient (Wildman–Crippen LogP) is 5.90. The Hall–Kier alpha value is -3.18. The second kappa shape index (κ2) is 9.82. The molecule has 2 aliphatic heterocycles. The van der Waals surface area contributed by atoms with Crippen molar-refractivity contribution in [3.63, 3.8) is 0 Å². The normalized spacial score (nSPS) is 26.3. The Morgan fingerprint density at radius 1 is 1.06 bits per heavy atom. The summed E-state index contributed by atoms with van der Waals surface area (Å²) in [5.74, 6) is -0.527. The zero-order valence-electron chi connectivity index (χ0n) is 20.4. The van der Waals surface area contributed by atoms with Gasteiger partial charge in [-0.25, -0.2) is 0 Å². The van der Waals surface area contributed by atoms with E-state index in [0.29, 0.717) is 18.7 Å². The highest BCUT2D eigenvalue weighted by Gasteiger charge is 2.56. The van der Waals surface area contributed by atoms with Crippen LogP contribution in [0.1, 0.15) is 51.5 Å². The van der Waals surface area contributed by atoms with Gasteiger partial charge in [-0.05, 0) is 68.0 Å². The molecule has 0 unspecified atom stereocenters. The Morgan fingerprint density at radius 2 is 1.86 bits per heavy atom. The molecule has 182 valence electrons. The van der Waals surface area contributed by atoms with E-state index in [9.17, 15) is 14.7 Å². The third-order valence-corrected chi connectivity index (χ3v) is 7.71. The van der Waals surface area contributed by atoms with Crippen LogP contribution in [0.25, 0.3) is 6.08 Å². The van der Waals surface area contributed by atoms with Gasteiger partial charge in [0.05, 0.1) is 30.2 Å². The van der Waals surface area contributed by atoms with E-state index in [1.807, 2.05) is 42.5 Å². The summed E-state index contributed by atoms with van der Waals surface area (Å²) in [6, 6.07) is 16.6. The van der Waals surface area contributed by atoms with Gasteiger partial charge in [0.15, 0.2) is 0 Å². The Morgan fingerprint density at radius 3 is 2.60 bits per heavy atom. The Labute approximate surface area is 207 Å². The van der Waals surface area contributed by atoms with Crippen molar-refractivity contribution < 1.29 is 19.4 Å². The highest BCUT2D eigenvalue weighted by molar-refractivity contribution is 6.22. The largest absolute Gasteiger partial charge is 0.508 e. The van der Waals surface area contributed by atoms with Crippen molar-refractivity contribution >= 4 is 23.6 Å². The lowest BCUT2D eigenvalue weighted by molar-refractivity contribution is -0.122. The summed E-state index contributed by atoms with van der Waals surface area (Å²) in [6.45, 7) is 4.78. The first kappa shape index (κ1) is 23.6. The third kappa shape index (κ3) is 4.45. The number of hydrogen-bond acceptors (Lipinski definition) is 4. The van der Waals surface area contributed by atoms with Crippen LogP contribution in [-0.2, 0) is 14.3 Å². The molecule has 0 aromatic heterocycles. The van der Waals surface area contributed by atoms with Gasteiger partial charge < -0.3 is 9.84 Å². The van der Waals surface area contributed by atoms with Crippen molar-refractivity contribution in [1.29, 1.82) is 0 Å². The molecule has 5 rings (SSSR count). The predicted molar refractivity (Wildman–Crippen MR) is 137 cm³/mol. The molecule has 3 aliphatic rings. The van der Waals surface area contributed by atoms with E-state index in [1.165, 1.54) is 21.6 Å². The molecule has 2 fully saturated rings. The fourth-order valence-electron chi connectivity index (χ4n) is 6.22. The van der Waals surface area contributed by atoms with E-state index in [0.717, 1.165) is 31.2 Å². The average Bonchev–Trinajstić information content (AvgIpc) is 3.37. The number of allylic oxidation sites excluding steroid dienone is 2. The summed E-state index contributed by atoms with van der Waals surface area (Å²) in [5.41, 5.74) is 5.46. The van der Waals surface area contributed by atoms with Crippen LogP contribution >= 0.6 is 0 Å². The second-order valence-corrected chi connectivity index (χ2v) is 10.0. The SMILES string of the molecule is CCC/C(=C\c1cccc(O)c1)CC[C@H]1OC[C@H]2C1=C(C)C[C@H]1C(=O)N(c3ccccc3)C(=O)[C@H]12. The number of ether oxygens (including phenoxy) is 1. The quantitative estimate of drug-likeness (QED) is 0.403. The minimum absolute atomic E-state index is 0.0148. The van der Waals surface area contributed by atoms with Crippen LogP contribution in [-0.4, -0.2) is 29.6 Å². The van der Waals surface area contributed by atoms with Gasteiger partial charge in [0.25, 0.3) is 0 Å². The van der Waals surface area contributed by atoms with E-state index >= 15 is 0 Å². The molecule has 5 nitrogen and oxygen atoms in total. The van der Waals surface area contributed by atoms with Crippen molar-refractivity contribution in [2.75, 3.05) is 11.5 Å². The molecular formula is C30H33NO4. The van der Waals surface area contributed by atoms with Crippen LogP contribution in [0.2, 0.25) is 0 Å². The summed E-state index contributed by atoms with van der Waals surface area (Å²) in [4.78, 5) is 28.2. The topological polar surface area (TPSA) is 66.8 Å². The van der Waals surface area contributed by atoms with Crippen LogP contribution in [0, 0.1) is 17.8 Å². The van der Waals surface area contributed by atoms with Gasteiger partial charge in [0, 0.05) is 5.92 Å². The molecule has 2 amide bonds. The lowest BCUT2D eigenvalue weighted by Gasteiger charge is -2.30. The van der Waals surface area contributed by atoms with Crippen LogP contribution < -0.4 is 4.90 Å². The van der Waals surface area contributed by atoms with Gasteiger partial charge >= 0.3 is 0 Å². The Kier molecular flexibility index (Phi) is 6.61. The lowest BCUT2D eigenvalue weighted by atomic mass is 9.70. The number of phenols is 1. The van der Waals surface area contributed by atoms with E-state index in [1.54, 1.807) is 12.1 Å². The van der Waals surface area contributed by atoms with Crippen LogP contribution in [0.4, 0.5) is 5.69 Å². The van der Waals surface area contributed by atoms with Crippen LogP contribution in [0.3, 0.4) is 0 Å². The number of carbonyl (C=O) groups is 2. The molecule has 2 aromatic carbocycles. The summed E-state index contributed by atoms with van der Waals surface area (Å²) in [5, 5.41) is 9.81. The number of para-hydroxylation sites is 1. The summed E-state index contributed by atoms with van der Waals surface area (Å²) in [6.07, 6.45) is 6.59. The monoisotopic (exact) mass is 471 g/mol. The van der Waals surface area contributed by atoms with Crippen molar-refractivity contribution in [1.82, 2.24) is 0 Å². The number of benzene rings is 2. The molecule has 0 saturated carbocycles. The van der Waals surface area contributed by atoms with E-state index < -0.39 is 0 Å². The fraction of sp³-hybridized carbons (Fsp3) is 0.400. The molecule has 1 N–H and O–H groups in total. The molecule has 2 heterocycles. The third-order valence-electron chi connectivity index (χ3n) is 7.71. The fourth-order valence-corrected chi connectivity index (χ4v) is 6.22. The zero-order valence-corrected chi connectivity index (χ0v) is 20.4. The molecule has 1 aliphatic carbocycles. The number of fused-ring (bicyclic) bond motifs is 3. The molecule has 0 radical (unpaired) electrons. The van der Waals surface area contributed by atoms with E-state index in [-0.39, 0.29) is 41.4 Å². The van der Waals surface area contributed by atoms with Crippen molar-refractivity contribution in [2.24, 2.45) is 17.8 Å². The molecule has 0 bridgehead atoms. The summed E-state index contributed by atoms with van der Waals surface area (Å²) < 4.78 is 6.29. The molecule has 35 heavy (non-hydrogen) atoms. The van der Waals surface area contributed by atoms with E-state index in [2.05, 4.69) is 19.9 Å². The summed E-state index contributed by atoms with van der Waals surface area (Å²) >= 11 is 0. The van der Waals surface area contributed by atoms with Gasteiger partial charge in [-0.2, -0.15) is 0 Å².